The zero-order chi connectivity index (χ0) is 14.6. The second kappa shape index (κ2) is 6.33. The minimum atomic E-state index is 0.247. The van der Waals surface area contributed by atoms with E-state index in [-0.39, 0.29) is 5.41 Å². The lowest BCUT2D eigenvalue weighted by Crippen LogP contribution is -2.47. The SMILES string of the molecule is CCNC(=NCC1(C)COC1)NC1CCC(C)(C)CC1. The lowest BCUT2D eigenvalue weighted by molar-refractivity contribution is -0.0945. The number of guanidine groups is 1. The summed E-state index contributed by atoms with van der Waals surface area (Å²) in [6, 6.07) is 0.575. The molecule has 0 amide bonds. The normalized spacial score (nSPS) is 25.9. The topological polar surface area (TPSA) is 45.7 Å². The van der Waals surface area contributed by atoms with Gasteiger partial charge in [-0.05, 0) is 38.0 Å². The fraction of sp³-hybridized carbons (Fsp3) is 0.938. The maximum atomic E-state index is 5.29. The number of aliphatic imine (C=N–C) groups is 1. The fourth-order valence-electron chi connectivity index (χ4n) is 2.87. The Hall–Kier alpha value is -0.770. The molecule has 116 valence electrons. The highest BCUT2D eigenvalue weighted by Crippen LogP contribution is 2.35. The number of hydrogen-bond acceptors (Lipinski definition) is 2. The third-order valence-electron chi connectivity index (χ3n) is 4.54. The molecule has 0 aromatic rings. The molecule has 0 aromatic heterocycles. The highest BCUT2D eigenvalue weighted by Gasteiger charge is 2.33. The maximum Gasteiger partial charge on any atom is 0.191 e. The van der Waals surface area contributed by atoms with E-state index in [4.69, 9.17) is 9.73 Å². The number of rotatable bonds is 4. The summed E-state index contributed by atoms with van der Waals surface area (Å²) in [5.41, 5.74) is 0.765. The Morgan fingerprint density at radius 2 is 1.85 bits per heavy atom. The molecule has 2 rings (SSSR count). The highest BCUT2D eigenvalue weighted by molar-refractivity contribution is 5.80. The minimum absolute atomic E-state index is 0.247. The van der Waals surface area contributed by atoms with Gasteiger partial charge in [0.05, 0.1) is 19.8 Å². The van der Waals surface area contributed by atoms with Gasteiger partial charge in [-0.1, -0.05) is 20.8 Å². The molecule has 0 radical (unpaired) electrons. The van der Waals surface area contributed by atoms with Gasteiger partial charge in [0.2, 0.25) is 0 Å². The zero-order valence-electron chi connectivity index (χ0n) is 13.6. The number of nitrogens with zero attached hydrogens (tertiary/aromatic N) is 1. The molecule has 0 bridgehead atoms. The summed E-state index contributed by atoms with van der Waals surface area (Å²) in [6.45, 7) is 12.6. The van der Waals surface area contributed by atoms with E-state index >= 15 is 0 Å². The Balaban J connectivity index is 1.84. The molecule has 2 aliphatic rings. The predicted molar refractivity (Wildman–Crippen MR) is 84.1 cm³/mol. The highest BCUT2D eigenvalue weighted by atomic mass is 16.5. The molecule has 1 saturated heterocycles. The molecule has 1 saturated carbocycles. The van der Waals surface area contributed by atoms with Crippen LogP contribution in [0.5, 0.6) is 0 Å². The van der Waals surface area contributed by atoms with E-state index in [0.29, 0.717) is 11.5 Å². The van der Waals surface area contributed by atoms with E-state index in [1.165, 1.54) is 25.7 Å². The number of nitrogens with one attached hydrogen (secondary N) is 2. The first-order chi connectivity index (χ1) is 9.42. The van der Waals surface area contributed by atoms with E-state index in [1.807, 2.05) is 0 Å². The van der Waals surface area contributed by atoms with Crippen molar-refractivity contribution < 1.29 is 4.74 Å². The van der Waals surface area contributed by atoms with Crippen LogP contribution in [0.4, 0.5) is 0 Å². The molecular weight excluding hydrogens is 250 g/mol. The first kappa shape index (κ1) is 15.6. The largest absolute Gasteiger partial charge is 0.380 e. The van der Waals surface area contributed by atoms with Gasteiger partial charge in [-0.25, -0.2) is 0 Å². The van der Waals surface area contributed by atoms with Crippen molar-refractivity contribution in [3.63, 3.8) is 0 Å². The van der Waals surface area contributed by atoms with E-state index in [1.54, 1.807) is 0 Å². The van der Waals surface area contributed by atoms with Gasteiger partial charge in [-0.15, -0.1) is 0 Å². The molecule has 1 aliphatic carbocycles. The van der Waals surface area contributed by atoms with Crippen LogP contribution in [0, 0.1) is 10.8 Å². The summed E-state index contributed by atoms with van der Waals surface area (Å²) < 4.78 is 5.29. The lowest BCUT2D eigenvalue weighted by Gasteiger charge is -2.37. The summed E-state index contributed by atoms with van der Waals surface area (Å²) in [4.78, 5) is 4.75. The van der Waals surface area contributed by atoms with Gasteiger partial charge < -0.3 is 15.4 Å². The van der Waals surface area contributed by atoms with Gasteiger partial charge in [0, 0.05) is 18.0 Å². The van der Waals surface area contributed by atoms with Crippen LogP contribution in [0.15, 0.2) is 4.99 Å². The molecular formula is C16H31N3O. The number of hydrogen-bond donors (Lipinski definition) is 2. The van der Waals surface area contributed by atoms with Crippen molar-refractivity contribution in [3.8, 4) is 0 Å². The molecule has 2 N–H and O–H groups in total. The molecule has 0 unspecified atom stereocenters. The van der Waals surface area contributed by atoms with Crippen molar-refractivity contribution in [3.05, 3.63) is 0 Å². The summed E-state index contributed by atoms with van der Waals surface area (Å²) in [6.07, 6.45) is 5.10. The Kier molecular flexibility index (Phi) is 4.95. The van der Waals surface area contributed by atoms with Crippen molar-refractivity contribution in [1.82, 2.24) is 10.6 Å². The molecule has 0 spiro atoms. The number of ether oxygens (including phenoxy) is 1. The monoisotopic (exact) mass is 281 g/mol. The second-order valence-electron chi connectivity index (χ2n) is 7.58. The molecule has 0 aromatic carbocycles. The van der Waals surface area contributed by atoms with Crippen molar-refractivity contribution in [1.29, 1.82) is 0 Å². The Labute approximate surface area is 123 Å². The molecule has 1 aliphatic heterocycles. The molecule has 1 heterocycles. The van der Waals surface area contributed by atoms with Crippen LogP contribution in [-0.2, 0) is 4.74 Å². The quantitative estimate of drug-likeness (QED) is 0.615. The van der Waals surface area contributed by atoms with Crippen LogP contribution in [0.1, 0.15) is 53.4 Å². The summed E-state index contributed by atoms with van der Waals surface area (Å²) >= 11 is 0. The van der Waals surface area contributed by atoms with Gasteiger partial charge in [0.15, 0.2) is 5.96 Å². The van der Waals surface area contributed by atoms with Crippen LogP contribution < -0.4 is 10.6 Å². The third-order valence-corrected chi connectivity index (χ3v) is 4.54. The van der Waals surface area contributed by atoms with Crippen LogP contribution in [0.3, 0.4) is 0 Å². The average Bonchev–Trinajstić information content (AvgIpc) is 2.36. The first-order valence-electron chi connectivity index (χ1n) is 8.05. The van der Waals surface area contributed by atoms with E-state index in [9.17, 15) is 0 Å². The Morgan fingerprint density at radius 3 is 2.35 bits per heavy atom. The van der Waals surface area contributed by atoms with Crippen molar-refractivity contribution in [2.24, 2.45) is 15.8 Å². The Morgan fingerprint density at radius 1 is 1.20 bits per heavy atom. The maximum absolute atomic E-state index is 5.29. The first-order valence-corrected chi connectivity index (χ1v) is 8.05. The lowest BCUT2D eigenvalue weighted by atomic mass is 9.75. The van der Waals surface area contributed by atoms with Gasteiger partial charge in [-0.3, -0.25) is 4.99 Å². The molecule has 4 heteroatoms. The smallest absolute Gasteiger partial charge is 0.191 e. The van der Waals surface area contributed by atoms with Gasteiger partial charge in [-0.2, -0.15) is 0 Å². The summed E-state index contributed by atoms with van der Waals surface area (Å²) in [7, 11) is 0. The molecule has 4 nitrogen and oxygen atoms in total. The van der Waals surface area contributed by atoms with Crippen molar-refractivity contribution in [2.45, 2.75) is 59.4 Å². The molecule has 20 heavy (non-hydrogen) atoms. The standard InChI is InChI=1S/C16H31N3O/c1-5-17-14(18-10-16(4)11-20-12-16)19-13-6-8-15(2,3)9-7-13/h13H,5-12H2,1-4H3,(H2,17,18,19). The van der Waals surface area contributed by atoms with Gasteiger partial charge in [0.1, 0.15) is 0 Å². The van der Waals surface area contributed by atoms with Crippen LogP contribution in [0.2, 0.25) is 0 Å². The fourth-order valence-corrected chi connectivity index (χ4v) is 2.87. The third kappa shape index (κ3) is 4.37. The van der Waals surface area contributed by atoms with Crippen LogP contribution in [0.25, 0.3) is 0 Å². The molecule has 2 fully saturated rings. The second-order valence-corrected chi connectivity index (χ2v) is 7.58. The van der Waals surface area contributed by atoms with Crippen LogP contribution >= 0.6 is 0 Å². The summed E-state index contributed by atoms with van der Waals surface area (Å²) in [5, 5.41) is 6.98. The zero-order valence-corrected chi connectivity index (χ0v) is 13.6. The average molecular weight is 281 g/mol. The van der Waals surface area contributed by atoms with E-state index < -0.39 is 0 Å². The van der Waals surface area contributed by atoms with Crippen molar-refractivity contribution >= 4 is 5.96 Å². The Bertz CT molecular complexity index is 338. The predicted octanol–water partition coefficient (Wildman–Crippen LogP) is 2.55. The van der Waals surface area contributed by atoms with E-state index in [2.05, 4.69) is 38.3 Å². The summed E-state index contributed by atoms with van der Waals surface area (Å²) in [5.74, 6) is 0.977. The van der Waals surface area contributed by atoms with Gasteiger partial charge >= 0.3 is 0 Å². The van der Waals surface area contributed by atoms with Crippen LogP contribution in [-0.4, -0.2) is 38.3 Å². The van der Waals surface area contributed by atoms with E-state index in [0.717, 1.165) is 32.3 Å². The van der Waals surface area contributed by atoms with Crippen molar-refractivity contribution in [2.75, 3.05) is 26.3 Å². The minimum Gasteiger partial charge on any atom is -0.380 e. The van der Waals surface area contributed by atoms with Gasteiger partial charge in [0.25, 0.3) is 0 Å². The molecule has 0 atom stereocenters.